The molecule has 1 aliphatic heterocycles. The van der Waals surface area contributed by atoms with Crippen LogP contribution < -0.4 is 4.74 Å². The van der Waals surface area contributed by atoms with E-state index in [9.17, 15) is 5.26 Å². The van der Waals surface area contributed by atoms with Gasteiger partial charge in [0.25, 0.3) is 0 Å². The van der Waals surface area contributed by atoms with Gasteiger partial charge < -0.3 is 4.74 Å². The molecule has 1 aliphatic rings. The zero-order valence-corrected chi connectivity index (χ0v) is 11.8. The van der Waals surface area contributed by atoms with Crippen LogP contribution in [0.15, 0.2) is 24.3 Å². The molecule has 102 valence electrons. The number of rotatable bonds is 4. The van der Waals surface area contributed by atoms with E-state index in [1.54, 1.807) is 0 Å². The predicted molar refractivity (Wildman–Crippen MR) is 75.9 cm³/mol. The maximum absolute atomic E-state index is 9.49. The Kier molecular flexibility index (Phi) is 4.81. The van der Waals surface area contributed by atoms with E-state index in [0.717, 1.165) is 30.3 Å². The fourth-order valence-corrected chi connectivity index (χ4v) is 2.59. The molecule has 1 heterocycles. The summed E-state index contributed by atoms with van der Waals surface area (Å²) >= 11 is 0. The summed E-state index contributed by atoms with van der Waals surface area (Å²) in [5.41, 5.74) is 1.04. The molecule has 3 nitrogen and oxygen atoms in total. The Morgan fingerprint density at radius 3 is 2.79 bits per heavy atom. The van der Waals surface area contributed by atoms with E-state index in [2.05, 4.69) is 17.9 Å². The summed E-state index contributed by atoms with van der Waals surface area (Å²) in [5, 5.41) is 9.49. The third-order valence-corrected chi connectivity index (χ3v) is 3.79. The first kappa shape index (κ1) is 13.9. The summed E-state index contributed by atoms with van der Waals surface area (Å²) in [6.07, 6.45) is 2.37. The molecule has 0 aliphatic carbocycles. The molecule has 0 spiro atoms. The normalized spacial score (nSPS) is 18.8. The number of benzene rings is 1. The molecule has 0 saturated carbocycles. The highest BCUT2D eigenvalue weighted by Crippen LogP contribution is 2.28. The van der Waals surface area contributed by atoms with Gasteiger partial charge in [-0.25, -0.2) is 0 Å². The van der Waals surface area contributed by atoms with Gasteiger partial charge >= 0.3 is 0 Å². The van der Waals surface area contributed by atoms with Gasteiger partial charge in [0.05, 0.1) is 12.7 Å². The molecule has 2 rings (SSSR count). The average molecular weight is 258 g/mol. The van der Waals surface area contributed by atoms with Gasteiger partial charge in [-0.05, 0) is 56.5 Å². The third-order valence-electron chi connectivity index (χ3n) is 3.79. The Hall–Kier alpha value is -1.53. The molecule has 0 amide bonds. The standard InChI is InChI=1S/C16H22N2O/c1-3-19-15-6-4-5-14(11-15)16(12-17)18-9-7-13(2)8-10-18/h4-6,11,13,16H,3,7-10H2,1-2H3. The Balaban J connectivity index is 2.13. The number of hydrogen-bond acceptors (Lipinski definition) is 3. The van der Waals surface area contributed by atoms with Crippen molar-refractivity contribution in [2.45, 2.75) is 32.7 Å². The van der Waals surface area contributed by atoms with E-state index < -0.39 is 0 Å². The van der Waals surface area contributed by atoms with Crippen LogP contribution in [0.4, 0.5) is 0 Å². The summed E-state index contributed by atoms with van der Waals surface area (Å²) in [6.45, 7) is 6.94. The van der Waals surface area contributed by atoms with Gasteiger partial charge in [-0.1, -0.05) is 19.1 Å². The number of ether oxygens (including phenoxy) is 1. The lowest BCUT2D eigenvalue weighted by molar-refractivity contribution is 0.164. The lowest BCUT2D eigenvalue weighted by Crippen LogP contribution is -2.35. The van der Waals surface area contributed by atoms with E-state index in [1.165, 1.54) is 12.8 Å². The number of nitriles is 1. The first-order valence-electron chi connectivity index (χ1n) is 7.11. The van der Waals surface area contributed by atoms with Crippen LogP contribution in [0.1, 0.15) is 38.3 Å². The molecule has 1 saturated heterocycles. The fraction of sp³-hybridized carbons (Fsp3) is 0.562. The lowest BCUT2D eigenvalue weighted by atomic mass is 9.96. The van der Waals surface area contributed by atoms with Crippen molar-refractivity contribution in [1.82, 2.24) is 4.90 Å². The van der Waals surface area contributed by atoms with Crippen LogP contribution in [0.3, 0.4) is 0 Å². The zero-order valence-electron chi connectivity index (χ0n) is 11.8. The highest BCUT2D eigenvalue weighted by Gasteiger charge is 2.24. The Morgan fingerprint density at radius 2 is 2.16 bits per heavy atom. The van der Waals surface area contributed by atoms with E-state index in [4.69, 9.17) is 4.74 Å². The van der Waals surface area contributed by atoms with Gasteiger partial charge in [-0.3, -0.25) is 4.90 Å². The van der Waals surface area contributed by atoms with Crippen LogP contribution >= 0.6 is 0 Å². The van der Waals surface area contributed by atoms with E-state index in [-0.39, 0.29) is 6.04 Å². The van der Waals surface area contributed by atoms with Crippen LogP contribution in [-0.4, -0.2) is 24.6 Å². The number of piperidine rings is 1. The monoisotopic (exact) mass is 258 g/mol. The van der Waals surface area contributed by atoms with Crippen molar-refractivity contribution >= 4 is 0 Å². The second-order valence-electron chi connectivity index (χ2n) is 5.26. The van der Waals surface area contributed by atoms with Crippen molar-refractivity contribution < 1.29 is 4.74 Å². The van der Waals surface area contributed by atoms with Crippen LogP contribution in [0, 0.1) is 17.2 Å². The van der Waals surface area contributed by atoms with E-state index >= 15 is 0 Å². The minimum absolute atomic E-state index is 0.145. The lowest BCUT2D eigenvalue weighted by Gasteiger charge is -2.33. The molecule has 1 aromatic carbocycles. The minimum Gasteiger partial charge on any atom is -0.494 e. The zero-order chi connectivity index (χ0) is 13.7. The largest absolute Gasteiger partial charge is 0.494 e. The van der Waals surface area contributed by atoms with Crippen molar-refractivity contribution in [3.05, 3.63) is 29.8 Å². The topological polar surface area (TPSA) is 36.3 Å². The molecule has 1 aromatic rings. The Labute approximate surface area is 115 Å². The molecule has 1 fully saturated rings. The molecular formula is C16H22N2O. The van der Waals surface area contributed by atoms with E-state index in [0.29, 0.717) is 6.61 Å². The van der Waals surface area contributed by atoms with Gasteiger partial charge in [0.2, 0.25) is 0 Å². The summed E-state index contributed by atoms with van der Waals surface area (Å²) < 4.78 is 5.52. The molecule has 0 bridgehead atoms. The summed E-state index contributed by atoms with van der Waals surface area (Å²) in [4.78, 5) is 2.28. The summed E-state index contributed by atoms with van der Waals surface area (Å²) in [7, 11) is 0. The number of likely N-dealkylation sites (tertiary alicyclic amines) is 1. The first-order chi connectivity index (χ1) is 9.24. The molecule has 1 unspecified atom stereocenters. The van der Waals surface area contributed by atoms with Gasteiger partial charge in [0, 0.05) is 0 Å². The first-order valence-corrected chi connectivity index (χ1v) is 7.11. The second kappa shape index (κ2) is 6.58. The molecular weight excluding hydrogens is 236 g/mol. The smallest absolute Gasteiger partial charge is 0.123 e. The Bertz CT molecular complexity index is 444. The number of hydrogen-bond donors (Lipinski definition) is 0. The fourth-order valence-electron chi connectivity index (χ4n) is 2.59. The summed E-state index contributed by atoms with van der Waals surface area (Å²) in [5.74, 6) is 1.64. The number of nitrogens with zero attached hydrogens (tertiary/aromatic N) is 2. The molecule has 3 heteroatoms. The van der Waals surface area contributed by atoms with Crippen molar-refractivity contribution in [3.63, 3.8) is 0 Å². The highest BCUT2D eigenvalue weighted by atomic mass is 16.5. The molecule has 0 aromatic heterocycles. The summed E-state index contributed by atoms with van der Waals surface area (Å²) in [6, 6.07) is 10.2. The van der Waals surface area contributed by atoms with Crippen molar-refractivity contribution in [2.24, 2.45) is 5.92 Å². The van der Waals surface area contributed by atoms with Crippen molar-refractivity contribution in [2.75, 3.05) is 19.7 Å². The second-order valence-corrected chi connectivity index (χ2v) is 5.26. The molecule has 1 atom stereocenters. The molecule has 0 radical (unpaired) electrons. The van der Waals surface area contributed by atoms with Gasteiger partial charge in [0.1, 0.15) is 11.8 Å². The van der Waals surface area contributed by atoms with Gasteiger partial charge in [-0.15, -0.1) is 0 Å². The Morgan fingerprint density at radius 1 is 1.42 bits per heavy atom. The average Bonchev–Trinajstić information content (AvgIpc) is 2.43. The van der Waals surface area contributed by atoms with Crippen molar-refractivity contribution in [3.8, 4) is 11.8 Å². The molecule has 19 heavy (non-hydrogen) atoms. The SMILES string of the molecule is CCOc1cccc(C(C#N)N2CCC(C)CC2)c1. The van der Waals surface area contributed by atoms with Gasteiger partial charge in [0.15, 0.2) is 0 Å². The van der Waals surface area contributed by atoms with E-state index in [1.807, 2.05) is 31.2 Å². The van der Waals surface area contributed by atoms with Crippen LogP contribution in [-0.2, 0) is 0 Å². The maximum Gasteiger partial charge on any atom is 0.123 e. The van der Waals surface area contributed by atoms with Crippen molar-refractivity contribution in [1.29, 1.82) is 5.26 Å². The third kappa shape index (κ3) is 3.48. The maximum atomic E-state index is 9.49. The molecule has 0 N–H and O–H groups in total. The quantitative estimate of drug-likeness (QED) is 0.830. The minimum atomic E-state index is -0.145. The highest BCUT2D eigenvalue weighted by molar-refractivity contribution is 5.33. The van der Waals surface area contributed by atoms with Crippen LogP contribution in [0.25, 0.3) is 0 Å². The van der Waals surface area contributed by atoms with Crippen LogP contribution in [0.5, 0.6) is 5.75 Å². The predicted octanol–water partition coefficient (Wildman–Crippen LogP) is 3.38. The van der Waals surface area contributed by atoms with Gasteiger partial charge in [-0.2, -0.15) is 5.26 Å². The van der Waals surface area contributed by atoms with Crippen LogP contribution in [0.2, 0.25) is 0 Å².